The highest BCUT2D eigenvalue weighted by atomic mass is 16.5. The quantitative estimate of drug-likeness (QED) is 0.874. The zero-order chi connectivity index (χ0) is 17.6. The van der Waals surface area contributed by atoms with Crippen LogP contribution in [0.15, 0.2) is 54.6 Å². The van der Waals surface area contributed by atoms with Gasteiger partial charge in [0.2, 0.25) is 5.91 Å². The van der Waals surface area contributed by atoms with Gasteiger partial charge in [-0.3, -0.25) is 9.69 Å². The Balaban J connectivity index is 1.80. The monoisotopic (exact) mass is 340 g/mol. The van der Waals surface area contributed by atoms with E-state index in [-0.39, 0.29) is 11.5 Å². The molecule has 2 aromatic carbocycles. The predicted molar refractivity (Wildman–Crippen MR) is 93.6 cm³/mol. The number of amides is 1. The van der Waals surface area contributed by atoms with Crippen LogP contribution in [-0.4, -0.2) is 48.2 Å². The number of carboxylic acids is 1. The summed E-state index contributed by atoms with van der Waals surface area (Å²) in [6.45, 7) is 2.57. The van der Waals surface area contributed by atoms with Gasteiger partial charge in [0.15, 0.2) is 0 Å². The van der Waals surface area contributed by atoms with E-state index < -0.39 is 12.0 Å². The number of nitrogens with zero attached hydrogens (tertiary/aromatic N) is 1. The minimum absolute atomic E-state index is 0.142. The van der Waals surface area contributed by atoms with Gasteiger partial charge >= 0.3 is 5.97 Å². The summed E-state index contributed by atoms with van der Waals surface area (Å²) in [4.78, 5) is 25.9. The van der Waals surface area contributed by atoms with Gasteiger partial charge in [0.05, 0.1) is 18.8 Å². The van der Waals surface area contributed by atoms with Crippen LogP contribution in [0.5, 0.6) is 0 Å². The number of carbonyl (C=O) groups is 2. The smallest absolute Gasteiger partial charge is 0.335 e. The summed E-state index contributed by atoms with van der Waals surface area (Å²) in [5, 5.41) is 11.8. The van der Waals surface area contributed by atoms with Crippen LogP contribution in [0.1, 0.15) is 22.0 Å². The first-order valence-electron chi connectivity index (χ1n) is 8.16. The molecule has 1 aliphatic heterocycles. The van der Waals surface area contributed by atoms with Gasteiger partial charge in [-0.1, -0.05) is 30.3 Å². The van der Waals surface area contributed by atoms with Crippen molar-refractivity contribution in [2.24, 2.45) is 0 Å². The van der Waals surface area contributed by atoms with Crippen LogP contribution in [0, 0.1) is 0 Å². The summed E-state index contributed by atoms with van der Waals surface area (Å²) in [6, 6.07) is 15.4. The summed E-state index contributed by atoms with van der Waals surface area (Å²) >= 11 is 0. The van der Waals surface area contributed by atoms with Crippen molar-refractivity contribution in [3.05, 3.63) is 65.7 Å². The molecule has 6 heteroatoms. The van der Waals surface area contributed by atoms with E-state index in [2.05, 4.69) is 10.2 Å². The Hall–Kier alpha value is -2.70. The molecule has 6 nitrogen and oxygen atoms in total. The first kappa shape index (κ1) is 17.1. The number of carbonyl (C=O) groups excluding carboxylic acids is 1. The lowest BCUT2D eigenvalue weighted by Gasteiger charge is -2.33. The van der Waals surface area contributed by atoms with Crippen LogP contribution in [0.2, 0.25) is 0 Å². The number of aromatic carboxylic acids is 1. The van der Waals surface area contributed by atoms with E-state index >= 15 is 0 Å². The average molecular weight is 340 g/mol. The van der Waals surface area contributed by atoms with Crippen molar-refractivity contribution in [1.82, 2.24) is 4.90 Å². The molecule has 0 aliphatic carbocycles. The molecule has 2 aromatic rings. The van der Waals surface area contributed by atoms with Gasteiger partial charge in [-0.15, -0.1) is 0 Å². The molecule has 130 valence electrons. The van der Waals surface area contributed by atoms with Crippen molar-refractivity contribution in [3.63, 3.8) is 0 Å². The number of benzene rings is 2. The molecule has 0 saturated carbocycles. The molecule has 1 unspecified atom stereocenters. The third kappa shape index (κ3) is 4.23. The second-order valence-electron chi connectivity index (χ2n) is 5.83. The topological polar surface area (TPSA) is 78.9 Å². The fraction of sp³-hybridized carbons (Fsp3) is 0.263. The van der Waals surface area contributed by atoms with E-state index in [0.717, 1.165) is 5.56 Å². The number of nitrogens with one attached hydrogen (secondary N) is 1. The maximum Gasteiger partial charge on any atom is 0.335 e. The first-order valence-corrected chi connectivity index (χ1v) is 8.16. The van der Waals surface area contributed by atoms with Crippen molar-refractivity contribution >= 4 is 17.6 Å². The van der Waals surface area contributed by atoms with Crippen molar-refractivity contribution in [2.75, 3.05) is 31.6 Å². The Bertz CT molecular complexity index is 725. The number of morpholine rings is 1. The largest absolute Gasteiger partial charge is 0.478 e. The number of hydrogen-bond donors (Lipinski definition) is 2. The Morgan fingerprint density at radius 3 is 2.24 bits per heavy atom. The van der Waals surface area contributed by atoms with Crippen LogP contribution in [0.3, 0.4) is 0 Å². The van der Waals surface area contributed by atoms with Gasteiger partial charge in [-0.05, 0) is 29.8 Å². The lowest BCUT2D eigenvalue weighted by Crippen LogP contribution is -2.43. The van der Waals surface area contributed by atoms with Gasteiger partial charge in [-0.2, -0.15) is 0 Å². The van der Waals surface area contributed by atoms with E-state index in [1.54, 1.807) is 12.1 Å². The molecule has 0 bridgehead atoms. The van der Waals surface area contributed by atoms with Gasteiger partial charge in [-0.25, -0.2) is 4.79 Å². The summed E-state index contributed by atoms with van der Waals surface area (Å²) in [5.74, 6) is -1.13. The second-order valence-corrected chi connectivity index (χ2v) is 5.83. The number of anilines is 1. The van der Waals surface area contributed by atoms with Crippen molar-refractivity contribution in [2.45, 2.75) is 6.04 Å². The van der Waals surface area contributed by atoms with Crippen LogP contribution in [0.25, 0.3) is 0 Å². The summed E-state index contributed by atoms with van der Waals surface area (Å²) < 4.78 is 5.39. The molecule has 3 rings (SSSR count). The summed E-state index contributed by atoms with van der Waals surface area (Å²) in [7, 11) is 0. The van der Waals surface area contributed by atoms with Crippen molar-refractivity contribution in [3.8, 4) is 0 Å². The Labute approximate surface area is 146 Å². The summed E-state index contributed by atoms with van der Waals surface area (Å²) in [6.07, 6.45) is 0. The van der Waals surface area contributed by atoms with E-state index in [1.807, 2.05) is 30.3 Å². The Morgan fingerprint density at radius 2 is 1.64 bits per heavy atom. The highest BCUT2D eigenvalue weighted by Gasteiger charge is 2.29. The number of rotatable bonds is 5. The molecule has 1 atom stereocenters. The zero-order valence-corrected chi connectivity index (χ0v) is 13.7. The molecular weight excluding hydrogens is 320 g/mol. The molecule has 2 N–H and O–H groups in total. The van der Waals surface area contributed by atoms with E-state index in [1.165, 1.54) is 12.1 Å². The van der Waals surface area contributed by atoms with E-state index in [9.17, 15) is 9.59 Å². The zero-order valence-electron chi connectivity index (χ0n) is 13.7. The lowest BCUT2D eigenvalue weighted by atomic mass is 10.0. The molecule has 1 fully saturated rings. The van der Waals surface area contributed by atoms with Crippen LogP contribution in [0.4, 0.5) is 5.69 Å². The Kier molecular flexibility index (Phi) is 5.42. The maximum atomic E-state index is 12.9. The number of ether oxygens (including phenoxy) is 1. The molecule has 1 aliphatic rings. The van der Waals surface area contributed by atoms with Gasteiger partial charge in [0.1, 0.15) is 6.04 Å². The van der Waals surface area contributed by atoms with Gasteiger partial charge < -0.3 is 15.2 Å². The van der Waals surface area contributed by atoms with Gasteiger partial charge in [0.25, 0.3) is 0 Å². The average Bonchev–Trinajstić information content (AvgIpc) is 2.64. The molecule has 1 amide bonds. The fourth-order valence-electron chi connectivity index (χ4n) is 2.91. The Morgan fingerprint density at radius 1 is 1.00 bits per heavy atom. The first-order chi connectivity index (χ1) is 12.1. The molecule has 0 radical (unpaired) electrons. The SMILES string of the molecule is O=C(O)c1ccc(NC(=O)C(c2ccccc2)N2CCOCC2)cc1. The third-order valence-electron chi connectivity index (χ3n) is 4.17. The molecule has 1 heterocycles. The predicted octanol–water partition coefficient (Wildman–Crippen LogP) is 2.40. The molecule has 0 spiro atoms. The number of carboxylic acid groups (broad SMARTS) is 1. The highest BCUT2D eigenvalue weighted by molar-refractivity contribution is 5.96. The normalized spacial score (nSPS) is 16.2. The summed E-state index contributed by atoms with van der Waals surface area (Å²) in [5.41, 5.74) is 1.68. The molecule has 0 aromatic heterocycles. The second kappa shape index (κ2) is 7.92. The standard InChI is InChI=1S/C19H20N2O4/c22-18(20-16-8-6-15(7-9-16)19(23)24)17(14-4-2-1-3-5-14)21-10-12-25-13-11-21/h1-9,17H,10-13H2,(H,20,22)(H,23,24). The minimum Gasteiger partial charge on any atom is -0.478 e. The van der Waals surface area contributed by atoms with Crippen LogP contribution in [-0.2, 0) is 9.53 Å². The van der Waals surface area contributed by atoms with Crippen molar-refractivity contribution < 1.29 is 19.4 Å². The van der Waals surface area contributed by atoms with E-state index in [0.29, 0.717) is 32.0 Å². The molecular formula is C19H20N2O4. The van der Waals surface area contributed by atoms with E-state index in [4.69, 9.17) is 9.84 Å². The molecule has 1 saturated heterocycles. The third-order valence-corrected chi connectivity index (χ3v) is 4.17. The fourth-order valence-corrected chi connectivity index (χ4v) is 2.91. The lowest BCUT2D eigenvalue weighted by molar-refractivity contribution is -0.123. The minimum atomic E-state index is -0.992. The highest BCUT2D eigenvalue weighted by Crippen LogP contribution is 2.24. The van der Waals surface area contributed by atoms with Crippen LogP contribution < -0.4 is 5.32 Å². The van der Waals surface area contributed by atoms with Crippen molar-refractivity contribution in [1.29, 1.82) is 0 Å². The number of hydrogen-bond acceptors (Lipinski definition) is 4. The van der Waals surface area contributed by atoms with Gasteiger partial charge in [0, 0.05) is 18.8 Å². The maximum absolute atomic E-state index is 12.9. The van der Waals surface area contributed by atoms with Crippen LogP contribution >= 0.6 is 0 Å². The molecule has 25 heavy (non-hydrogen) atoms.